The zero-order valence-electron chi connectivity index (χ0n) is 11.1. The predicted octanol–water partition coefficient (Wildman–Crippen LogP) is 2.54. The van der Waals surface area contributed by atoms with Crippen molar-refractivity contribution in [1.29, 1.82) is 5.26 Å². The quantitative estimate of drug-likeness (QED) is 0.895. The molecule has 0 unspecified atom stereocenters. The number of aromatic amines is 1. The molecule has 2 rings (SSSR count). The van der Waals surface area contributed by atoms with E-state index in [2.05, 4.69) is 4.98 Å². The summed E-state index contributed by atoms with van der Waals surface area (Å²) >= 11 is 0. The third kappa shape index (κ3) is 2.11. The van der Waals surface area contributed by atoms with E-state index in [1.165, 1.54) is 0 Å². The zero-order valence-corrected chi connectivity index (χ0v) is 11.1. The van der Waals surface area contributed by atoms with Gasteiger partial charge in [-0.2, -0.15) is 5.26 Å². The van der Waals surface area contributed by atoms with E-state index in [-0.39, 0.29) is 11.1 Å². The minimum absolute atomic E-state index is 0.134. The molecule has 1 heterocycles. The van der Waals surface area contributed by atoms with Crippen LogP contribution in [0.4, 0.5) is 0 Å². The van der Waals surface area contributed by atoms with Crippen LogP contribution in [0.2, 0.25) is 0 Å². The molecule has 0 atom stereocenters. The van der Waals surface area contributed by atoms with Crippen molar-refractivity contribution < 1.29 is 4.74 Å². The molecule has 0 aliphatic rings. The van der Waals surface area contributed by atoms with E-state index in [0.717, 1.165) is 22.4 Å². The van der Waals surface area contributed by atoms with Gasteiger partial charge >= 0.3 is 0 Å². The second-order valence-corrected chi connectivity index (χ2v) is 4.27. The minimum atomic E-state index is -0.368. The zero-order chi connectivity index (χ0) is 14.0. The number of rotatable bonds is 2. The Hall–Kier alpha value is -2.54. The number of pyridine rings is 1. The number of nitrogens with one attached hydrogen (secondary N) is 1. The SMILES string of the molecule is COc1ccc(-c2cc[nH]c(=O)c2C#N)c(C)c1C. The molecule has 0 saturated carbocycles. The first-order chi connectivity index (χ1) is 9.10. The van der Waals surface area contributed by atoms with E-state index >= 15 is 0 Å². The lowest BCUT2D eigenvalue weighted by Gasteiger charge is -2.13. The highest BCUT2D eigenvalue weighted by molar-refractivity contribution is 5.74. The second-order valence-electron chi connectivity index (χ2n) is 4.27. The number of nitriles is 1. The predicted molar refractivity (Wildman–Crippen MR) is 73.2 cm³/mol. The van der Waals surface area contributed by atoms with Gasteiger partial charge in [-0.25, -0.2) is 0 Å². The molecule has 0 bridgehead atoms. The number of aromatic nitrogens is 1. The number of benzene rings is 1. The van der Waals surface area contributed by atoms with E-state index in [1.54, 1.807) is 19.4 Å². The molecule has 1 N–H and O–H groups in total. The van der Waals surface area contributed by atoms with E-state index < -0.39 is 0 Å². The first-order valence-corrected chi connectivity index (χ1v) is 5.86. The minimum Gasteiger partial charge on any atom is -0.496 e. The van der Waals surface area contributed by atoms with E-state index in [1.807, 2.05) is 32.0 Å². The monoisotopic (exact) mass is 254 g/mol. The van der Waals surface area contributed by atoms with Crippen molar-refractivity contribution in [3.05, 3.63) is 51.4 Å². The summed E-state index contributed by atoms with van der Waals surface area (Å²) in [6.07, 6.45) is 1.55. The van der Waals surface area contributed by atoms with Crippen molar-refractivity contribution in [2.24, 2.45) is 0 Å². The van der Waals surface area contributed by atoms with Gasteiger partial charge in [0.25, 0.3) is 5.56 Å². The fourth-order valence-corrected chi connectivity index (χ4v) is 2.12. The van der Waals surface area contributed by atoms with Gasteiger partial charge in [0, 0.05) is 11.8 Å². The summed E-state index contributed by atoms with van der Waals surface area (Å²) in [7, 11) is 1.62. The average Bonchev–Trinajstić information content (AvgIpc) is 2.41. The summed E-state index contributed by atoms with van der Waals surface area (Å²) in [5, 5.41) is 9.13. The molecule has 0 aliphatic carbocycles. The summed E-state index contributed by atoms with van der Waals surface area (Å²) in [5.41, 5.74) is 3.30. The molecule has 2 aromatic rings. The van der Waals surface area contributed by atoms with Crippen molar-refractivity contribution in [3.8, 4) is 22.9 Å². The van der Waals surface area contributed by atoms with Gasteiger partial charge in [-0.3, -0.25) is 4.79 Å². The van der Waals surface area contributed by atoms with Crippen molar-refractivity contribution in [3.63, 3.8) is 0 Å². The molecule has 1 aromatic carbocycles. The van der Waals surface area contributed by atoms with Crippen LogP contribution in [-0.4, -0.2) is 12.1 Å². The summed E-state index contributed by atoms with van der Waals surface area (Å²) in [5.74, 6) is 0.796. The molecule has 4 nitrogen and oxygen atoms in total. The highest BCUT2D eigenvalue weighted by atomic mass is 16.5. The molecule has 0 fully saturated rings. The van der Waals surface area contributed by atoms with E-state index in [9.17, 15) is 4.79 Å². The molecule has 1 aromatic heterocycles. The molecule has 19 heavy (non-hydrogen) atoms. The number of H-pyrrole nitrogens is 1. The maximum atomic E-state index is 11.7. The lowest BCUT2D eigenvalue weighted by atomic mass is 9.94. The summed E-state index contributed by atoms with van der Waals surface area (Å²) in [4.78, 5) is 14.2. The van der Waals surface area contributed by atoms with Crippen molar-refractivity contribution in [2.45, 2.75) is 13.8 Å². The fourth-order valence-electron chi connectivity index (χ4n) is 2.12. The Bertz CT molecular complexity index is 724. The van der Waals surface area contributed by atoms with Gasteiger partial charge in [0.1, 0.15) is 17.4 Å². The Kier molecular flexibility index (Phi) is 3.39. The summed E-state index contributed by atoms with van der Waals surface area (Å²) in [6, 6.07) is 7.43. The Labute approximate surface area is 111 Å². The third-order valence-corrected chi connectivity index (χ3v) is 3.32. The second kappa shape index (κ2) is 4.99. The van der Waals surface area contributed by atoms with Gasteiger partial charge in [0.2, 0.25) is 0 Å². The lowest BCUT2D eigenvalue weighted by Crippen LogP contribution is -2.10. The molecule has 0 spiro atoms. The molecule has 0 saturated heterocycles. The number of methoxy groups -OCH3 is 1. The molecule has 0 radical (unpaired) electrons. The average molecular weight is 254 g/mol. The molecule has 96 valence electrons. The van der Waals surface area contributed by atoms with Crippen molar-refractivity contribution >= 4 is 0 Å². The maximum absolute atomic E-state index is 11.7. The van der Waals surface area contributed by atoms with Gasteiger partial charge in [-0.15, -0.1) is 0 Å². The molecule has 0 aliphatic heterocycles. The fraction of sp³-hybridized carbons (Fsp3) is 0.200. The van der Waals surface area contributed by atoms with E-state index in [0.29, 0.717) is 5.56 Å². The first kappa shape index (κ1) is 12.9. The maximum Gasteiger partial charge on any atom is 0.266 e. The largest absolute Gasteiger partial charge is 0.496 e. The van der Waals surface area contributed by atoms with E-state index in [4.69, 9.17) is 10.00 Å². The Morgan fingerprint density at radius 3 is 2.53 bits per heavy atom. The summed E-state index contributed by atoms with van der Waals surface area (Å²) < 4.78 is 5.26. The third-order valence-electron chi connectivity index (χ3n) is 3.32. The highest BCUT2D eigenvalue weighted by Crippen LogP contribution is 2.31. The van der Waals surface area contributed by atoms with Crippen molar-refractivity contribution in [2.75, 3.05) is 7.11 Å². The Morgan fingerprint density at radius 1 is 1.16 bits per heavy atom. The molecule has 4 heteroatoms. The van der Waals surface area contributed by atoms with Crippen LogP contribution in [0.15, 0.2) is 29.2 Å². The van der Waals surface area contributed by atoms with Crippen LogP contribution >= 0.6 is 0 Å². The number of nitrogens with zero attached hydrogens (tertiary/aromatic N) is 1. The highest BCUT2D eigenvalue weighted by Gasteiger charge is 2.13. The lowest BCUT2D eigenvalue weighted by molar-refractivity contribution is 0.411. The Balaban J connectivity index is 2.75. The number of hydrogen-bond acceptors (Lipinski definition) is 3. The Morgan fingerprint density at radius 2 is 1.89 bits per heavy atom. The topological polar surface area (TPSA) is 65.9 Å². The number of hydrogen-bond donors (Lipinski definition) is 1. The first-order valence-electron chi connectivity index (χ1n) is 5.86. The van der Waals surface area contributed by atoms with Crippen LogP contribution in [0.25, 0.3) is 11.1 Å². The van der Waals surface area contributed by atoms with Crippen LogP contribution in [0.1, 0.15) is 16.7 Å². The van der Waals surface area contributed by atoms with Crippen LogP contribution in [0.5, 0.6) is 5.75 Å². The normalized spacial score (nSPS) is 10.0. The standard InChI is InChI=1S/C15H14N2O2/c1-9-10(2)14(19-3)5-4-11(9)12-6-7-17-15(18)13(12)8-16/h4-7H,1-3H3,(H,17,18). The van der Waals surface area contributed by atoms with Crippen LogP contribution in [-0.2, 0) is 0 Å². The molecule has 0 amide bonds. The molecular formula is C15H14N2O2. The van der Waals surface area contributed by atoms with Crippen LogP contribution < -0.4 is 10.3 Å². The van der Waals surface area contributed by atoms with Crippen LogP contribution in [0, 0.1) is 25.2 Å². The number of ether oxygens (including phenoxy) is 1. The van der Waals surface area contributed by atoms with Gasteiger partial charge < -0.3 is 9.72 Å². The molecular weight excluding hydrogens is 240 g/mol. The van der Waals surface area contributed by atoms with Crippen molar-refractivity contribution in [1.82, 2.24) is 4.98 Å². The summed E-state index contributed by atoms with van der Waals surface area (Å²) in [6.45, 7) is 3.91. The van der Waals surface area contributed by atoms with Crippen LogP contribution in [0.3, 0.4) is 0 Å². The van der Waals surface area contributed by atoms with Gasteiger partial charge in [0.15, 0.2) is 0 Å². The van der Waals surface area contributed by atoms with Gasteiger partial charge in [-0.05, 0) is 42.7 Å². The smallest absolute Gasteiger partial charge is 0.266 e. The van der Waals surface area contributed by atoms with Gasteiger partial charge in [0.05, 0.1) is 7.11 Å². The van der Waals surface area contributed by atoms with Gasteiger partial charge in [-0.1, -0.05) is 6.07 Å².